The zero-order chi connectivity index (χ0) is 34.0. The molecule has 0 aromatic carbocycles. The van der Waals surface area contributed by atoms with Crippen molar-refractivity contribution in [1.29, 1.82) is 0 Å². The molecule has 8 nitrogen and oxygen atoms in total. The third kappa shape index (κ3) is 35.1. The molecule has 1 atom stereocenters. The number of phosphoric acid groups is 1. The molecule has 0 aliphatic rings. The minimum absolute atomic E-state index is 0.187. The van der Waals surface area contributed by atoms with Crippen LogP contribution in [0.3, 0.4) is 0 Å². The van der Waals surface area contributed by atoms with Gasteiger partial charge in [-0.2, -0.15) is 0 Å². The van der Waals surface area contributed by atoms with Gasteiger partial charge >= 0.3 is 19.8 Å². The lowest BCUT2D eigenvalue weighted by molar-refractivity contribution is -0.161. The summed E-state index contributed by atoms with van der Waals surface area (Å²) in [5.74, 6) is -0.910. The van der Waals surface area contributed by atoms with Crippen molar-refractivity contribution in [3.63, 3.8) is 0 Å². The van der Waals surface area contributed by atoms with Crippen LogP contribution in [0.1, 0.15) is 168 Å². The van der Waals surface area contributed by atoms with E-state index >= 15 is 0 Å². The Labute approximate surface area is 281 Å². The van der Waals surface area contributed by atoms with Crippen molar-refractivity contribution in [2.75, 3.05) is 13.2 Å². The van der Waals surface area contributed by atoms with Crippen LogP contribution in [0.15, 0.2) is 36.5 Å². The van der Waals surface area contributed by atoms with Crippen molar-refractivity contribution < 1.29 is 37.9 Å². The third-order valence-corrected chi connectivity index (χ3v) is 8.15. The maximum atomic E-state index is 12.3. The van der Waals surface area contributed by atoms with E-state index in [4.69, 9.17) is 19.3 Å². The molecule has 0 unspecified atom stereocenters. The Bertz CT molecular complexity index is 848. The highest BCUT2D eigenvalue weighted by Crippen LogP contribution is 2.36. The molecule has 0 rings (SSSR count). The highest BCUT2D eigenvalue weighted by Gasteiger charge is 2.22. The predicted molar refractivity (Wildman–Crippen MR) is 188 cm³/mol. The lowest BCUT2D eigenvalue weighted by Crippen LogP contribution is -2.29. The van der Waals surface area contributed by atoms with E-state index in [1.807, 2.05) is 0 Å². The summed E-state index contributed by atoms with van der Waals surface area (Å²) in [6.45, 7) is 3.61. The Morgan fingerprint density at radius 1 is 0.565 bits per heavy atom. The van der Waals surface area contributed by atoms with Gasteiger partial charge in [0, 0.05) is 12.8 Å². The smallest absolute Gasteiger partial charge is 0.462 e. The summed E-state index contributed by atoms with van der Waals surface area (Å²) in [6, 6.07) is 0. The molecule has 0 fully saturated rings. The van der Waals surface area contributed by atoms with Crippen LogP contribution < -0.4 is 0 Å². The molecule has 0 aromatic rings. The van der Waals surface area contributed by atoms with Gasteiger partial charge in [-0.05, 0) is 51.4 Å². The average Bonchev–Trinajstić information content (AvgIpc) is 3.02. The molecule has 0 heterocycles. The fourth-order valence-corrected chi connectivity index (χ4v) is 5.27. The topological polar surface area (TPSA) is 119 Å². The van der Waals surface area contributed by atoms with Crippen LogP contribution in [0.25, 0.3) is 0 Å². The molecular weight excluding hydrogens is 603 g/mol. The number of carbonyl (C=O) groups excluding carboxylic acids is 2. The minimum atomic E-state index is -4.75. The number of hydrogen-bond acceptors (Lipinski definition) is 6. The number of allylic oxidation sites excluding steroid dienone is 6. The van der Waals surface area contributed by atoms with Crippen LogP contribution >= 0.6 is 7.82 Å². The number of esters is 2. The maximum Gasteiger partial charge on any atom is 0.469 e. The largest absolute Gasteiger partial charge is 0.469 e. The summed E-state index contributed by atoms with van der Waals surface area (Å²) in [5.41, 5.74) is 0. The number of hydrogen-bond donors (Lipinski definition) is 2. The van der Waals surface area contributed by atoms with Gasteiger partial charge in [-0.15, -0.1) is 0 Å². The number of carbonyl (C=O) groups is 2. The molecule has 0 aromatic heterocycles. The van der Waals surface area contributed by atoms with Gasteiger partial charge in [-0.25, -0.2) is 4.57 Å². The molecule has 46 heavy (non-hydrogen) atoms. The van der Waals surface area contributed by atoms with Crippen LogP contribution in [0.4, 0.5) is 0 Å². The van der Waals surface area contributed by atoms with Gasteiger partial charge in [-0.1, -0.05) is 140 Å². The Morgan fingerprint density at radius 2 is 0.978 bits per heavy atom. The van der Waals surface area contributed by atoms with Crippen LogP contribution in [0, 0.1) is 0 Å². The van der Waals surface area contributed by atoms with Gasteiger partial charge in [0.1, 0.15) is 6.61 Å². The zero-order valence-corrected chi connectivity index (χ0v) is 30.1. The standard InChI is InChI=1S/C37H67O8P/c1-3-5-7-9-11-13-15-16-17-18-19-20-22-24-26-28-30-32-37(39)45-35(34-44-46(40,41)42)33-43-36(38)31-29-27-25-23-21-14-12-10-8-6-4-2/h11,13,16-17,19-20,35H,3-10,12,14-15,18,21-34H2,1-2H3,(H2,40,41,42)/b13-11+,17-16+,20-19+/t35-/m1/s1. The molecule has 0 saturated carbocycles. The van der Waals surface area contributed by atoms with E-state index in [-0.39, 0.29) is 19.4 Å². The monoisotopic (exact) mass is 670 g/mol. The van der Waals surface area contributed by atoms with Gasteiger partial charge in [0.05, 0.1) is 6.61 Å². The maximum absolute atomic E-state index is 12.3. The Hall–Kier alpha value is -1.73. The molecule has 0 aliphatic heterocycles. The summed E-state index contributed by atoms with van der Waals surface area (Å²) in [5, 5.41) is 0. The van der Waals surface area contributed by atoms with Gasteiger partial charge < -0.3 is 19.3 Å². The summed E-state index contributed by atoms with van der Waals surface area (Å²) in [4.78, 5) is 42.6. The van der Waals surface area contributed by atoms with Crippen molar-refractivity contribution >= 4 is 19.8 Å². The SMILES string of the molecule is CCCCC/C=C/C/C=C/C/C=C/CCCCCCC(=O)O[C@H](COC(=O)CCCCCCCCCCCCC)COP(=O)(O)O. The number of rotatable bonds is 33. The highest BCUT2D eigenvalue weighted by molar-refractivity contribution is 7.46. The van der Waals surface area contributed by atoms with E-state index in [1.54, 1.807) is 0 Å². The second kappa shape index (κ2) is 33.2. The van der Waals surface area contributed by atoms with Gasteiger partial charge in [0.25, 0.3) is 0 Å². The van der Waals surface area contributed by atoms with Gasteiger partial charge in [0.2, 0.25) is 0 Å². The Kier molecular flexibility index (Phi) is 31.9. The van der Waals surface area contributed by atoms with Crippen LogP contribution in [-0.4, -0.2) is 41.0 Å². The van der Waals surface area contributed by atoms with E-state index in [1.165, 1.54) is 77.0 Å². The van der Waals surface area contributed by atoms with E-state index in [2.05, 4.69) is 54.8 Å². The number of unbranched alkanes of at least 4 members (excludes halogenated alkanes) is 17. The molecule has 0 bridgehead atoms. The molecule has 268 valence electrons. The molecule has 0 amide bonds. The lowest BCUT2D eigenvalue weighted by atomic mass is 10.1. The predicted octanol–water partition coefficient (Wildman–Crippen LogP) is 10.6. The van der Waals surface area contributed by atoms with E-state index in [0.717, 1.165) is 57.8 Å². The Balaban J connectivity index is 4.03. The summed E-state index contributed by atoms with van der Waals surface area (Å²) in [6.07, 6.45) is 37.2. The third-order valence-electron chi connectivity index (χ3n) is 7.66. The normalized spacial score (nSPS) is 12.9. The van der Waals surface area contributed by atoms with Crippen LogP contribution in [0.5, 0.6) is 0 Å². The van der Waals surface area contributed by atoms with Crippen molar-refractivity contribution in [2.24, 2.45) is 0 Å². The fraction of sp³-hybridized carbons (Fsp3) is 0.784. The summed E-state index contributed by atoms with van der Waals surface area (Å²) in [7, 11) is -4.75. The molecule has 0 saturated heterocycles. The van der Waals surface area contributed by atoms with Crippen molar-refractivity contribution in [1.82, 2.24) is 0 Å². The van der Waals surface area contributed by atoms with Gasteiger partial charge in [-0.3, -0.25) is 14.1 Å². The first-order chi connectivity index (χ1) is 22.3. The first-order valence-electron chi connectivity index (χ1n) is 18.3. The quantitative estimate of drug-likeness (QED) is 0.0306. The lowest BCUT2D eigenvalue weighted by Gasteiger charge is -2.18. The second-order valence-corrected chi connectivity index (χ2v) is 13.4. The molecule has 0 radical (unpaired) electrons. The van der Waals surface area contributed by atoms with Crippen LogP contribution in [-0.2, 0) is 28.2 Å². The molecule has 2 N–H and O–H groups in total. The van der Waals surface area contributed by atoms with Crippen molar-refractivity contribution in [2.45, 2.75) is 174 Å². The summed E-state index contributed by atoms with van der Waals surface area (Å²) >= 11 is 0. The average molecular weight is 671 g/mol. The molecular formula is C37H67O8P. The first kappa shape index (κ1) is 44.3. The summed E-state index contributed by atoms with van der Waals surface area (Å²) < 4.78 is 26.2. The number of phosphoric ester groups is 1. The van der Waals surface area contributed by atoms with Crippen molar-refractivity contribution in [3.8, 4) is 0 Å². The van der Waals surface area contributed by atoms with E-state index in [0.29, 0.717) is 6.42 Å². The highest BCUT2D eigenvalue weighted by atomic mass is 31.2. The first-order valence-corrected chi connectivity index (χ1v) is 19.8. The van der Waals surface area contributed by atoms with Gasteiger partial charge in [0.15, 0.2) is 6.10 Å². The van der Waals surface area contributed by atoms with E-state index < -0.39 is 32.5 Å². The zero-order valence-electron chi connectivity index (χ0n) is 29.2. The molecule has 0 aliphatic carbocycles. The second-order valence-electron chi connectivity index (χ2n) is 12.2. The van der Waals surface area contributed by atoms with E-state index in [9.17, 15) is 14.2 Å². The van der Waals surface area contributed by atoms with Crippen LogP contribution in [0.2, 0.25) is 0 Å². The number of ether oxygens (including phenoxy) is 2. The van der Waals surface area contributed by atoms with Crippen molar-refractivity contribution in [3.05, 3.63) is 36.5 Å². The molecule has 9 heteroatoms. The fourth-order valence-electron chi connectivity index (χ4n) is 4.91. The minimum Gasteiger partial charge on any atom is -0.462 e. The Morgan fingerprint density at radius 3 is 1.50 bits per heavy atom. The molecule has 0 spiro atoms.